The van der Waals surface area contributed by atoms with Gasteiger partial charge < -0.3 is 21.9 Å². The first-order valence-corrected chi connectivity index (χ1v) is 6.79. The third-order valence-electron chi connectivity index (χ3n) is 3.32. The lowest BCUT2D eigenvalue weighted by atomic mass is 10.1. The number of carboxylic acids is 1. The second-order valence-corrected chi connectivity index (χ2v) is 4.59. The van der Waals surface area contributed by atoms with Gasteiger partial charge in [0.05, 0.1) is 6.54 Å². The van der Waals surface area contributed by atoms with E-state index in [9.17, 15) is 9.90 Å². The van der Waals surface area contributed by atoms with Gasteiger partial charge in [-0.3, -0.25) is 4.90 Å². The fourth-order valence-corrected chi connectivity index (χ4v) is 2.15. The maximum Gasteiger partial charge on any atom is 0.339 e. The van der Waals surface area contributed by atoms with Crippen LogP contribution in [0.1, 0.15) is 30.0 Å². The van der Waals surface area contributed by atoms with E-state index in [1.807, 2.05) is 30.3 Å². The van der Waals surface area contributed by atoms with Crippen molar-refractivity contribution in [2.75, 3.05) is 13.1 Å². The van der Waals surface area contributed by atoms with Gasteiger partial charge in [0.1, 0.15) is 17.1 Å². The topological polar surface area (TPSA) is 53.7 Å². The van der Waals surface area contributed by atoms with Crippen molar-refractivity contribution in [1.82, 2.24) is 4.90 Å². The van der Waals surface area contributed by atoms with Gasteiger partial charge in [0.25, 0.3) is 0 Å². The van der Waals surface area contributed by atoms with Gasteiger partial charge in [-0.05, 0) is 19.2 Å². The molecule has 0 radical (unpaired) electrons. The Hall–Kier alpha value is -1.78. The molecule has 0 amide bonds. The van der Waals surface area contributed by atoms with Crippen LogP contribution in [0.5, 0.6) is 0 Å². The number of rotatable bonds is 6. The van der Waals surface area contributed by atoms with Crippen LogP contribution in [0.25, 0.3) is 11.3 Å². The Labute approximate surface area is 130 Å². The van der Waals surface area contributed by atoms with E-state index in [1.54, 1.807) is 6.07 Å². The molecule has 1 aromatic carbocycles. The summed E-state index contributed by atoms with van der Waals surface area (Å²) in [6.45, 7) is 6.58. The zero-order valence-corrected chi connectivity index (χ0v) is 12.9. The fourth-order valence-electron chi connectivity index (χ4n) is 2.15. The molecule has 0 spiro atoms. The van der Waals surface area contributed by atoms with E-state index in [0.29, 0.717) is 18.1 Å². The van der Waals surface area contributed by atoms with Crippen LogP contribution >= 0.6 is 0 Å². The smallest absolute Gasteiger partial charge is 0.339 e. The van der Waals surface area contributed by atoms with E-state index >= 15 is 0 Å². The van der Waals surface area contributed by atoms with E-state index in [-0.39, 0.29) is 18.0 Å². The Morgan fingerprint density at radius 1 is 1.19 bits per heavy atom. The highest BCUT2D eigenvalue weighted by atomic mass is 35.5. The number of furan rings is 1. The molecule has 0 aliphatic heterocycles. The van der Waals surface area contributed by atoms with Crippen molar-refractivity contribution in [1.29, 1.82) is 0 Å². The fraction of sp³-hybridized carbons (Fsp3) is 0.312. The average molecular weight is 309 g/mol. The molecule has 114 valence electrons. The van der Waals surface area contributed by atoms with Crippen LogP contribution in [-0.4, -0.2) is 29.1 Å². The molecule has 0 bridgehead atoms. The molecule has 2 rings (SSSR count). The molecule has 5 heteroatoms. The molecule has 0 unspecified atom stereocenters. The second-order valence-electron chi connectivity index (χ2n) is 4.59. The Bertz CT molecular complexity index is 576. The molecule has 0 aliphatic rings. The standard InChI is InChI=1S/C16H19NO3.ClH/c1-3-17(4-2)11-13-10-14(16(18)19)15(20-13)12-8-6-5-7-9-12;/h5-10H,3-4,11H2,1-2H3,(H,18,19);1H/p-1. The molecule has 1 aromatic heterocycles. The molecule has 1 N–H and O–H groups in total. The van der Waals surface area contributed by atoms with Crippen molar-refractivity contribution in [3.8, 4) is 11.3 Å². The summed E-state index contributed by atoms with van der Waals surface area (Å²) in [4.78, 5) is 13.5. The van der Waals surface area contributed by atoms with E-state index in [0.717, 1.165) is 18.7 Å². The summed E-state index contributed by atoms with van der Waals surface area (Å²) in [6, 6.07) is 11.0. The number of benzene rings is 1. The van der Waals surface area contributed by atoms with Gasteiger partial charge in [-0.15, -0.1) is 0 Å². The minimum absolute atomic E-state index is 0. The van der Waals surface area contributed by atoms with Crippen molar-refractivity contribution < 1.29 is 26.7 Å². The third kappa shape index (κ3) is 4.09. The van der Waals surface area contributed by atoms with Crippen molar-refractivity contribution in [3.05, 3.63) is 47.7 Å². The molecule has 0 fully saturated rings. The van der Waals surface area contributed by atoms with Crippen LogP contribution < -0.4 is 12.4 Å². The van der Waals surface area contributed by atoms with Gasteiger partial charge in [-0.2, -0.15) is 0 Å². The number of hydrogen-bond acceptors (Lipinski definition) is 3. The SMILES string of the molecule is CCN(CC)Cc1cc(C(=O)O)c(-c2ccccc2)o1.[Cl-]. The van der Waals surface area contributed by atoms with Crippen molar-refractivity contribution in [3.63, 3.8) is 0 Å². The van der Waals surface area contributed by atoms with Crippen molar-refractivity contribution in [2.45, 2.75) is 20.4 Å². The molecule has 2 aromatic rings. The highest BCUT2D eigenvalue weighted by Crippen LogP contribution is 2.28. The molecule has 0 atom stereocenters. The molecule has 4 nitrogen and oxygen atoms in total. The predicted molar refractivity (Wildman–Crippen MR) is 77.7 cm³/mol. The number of aromatic carboxylic acids is 1. The zero-order valence-electron chi connectivity index (χ0n) is 12.2. The average Bonchev–Trinajstić information content (AvgIpc) is 2.90. The summed E-state index contributed by atoms with van der Waals surface area (Å²) in [5, 5.41) is 9.32. The van der Waals surface area contributed by atoms with E-state index < -0.39 is 5.97 Å². The maximum atomic E-state index is 11.4. The van der Waals surface area contributed by atoms with Gasteiger partial charge in [0.15, 0.2) is 0 Å². The summed E-state index contributed by atoms with van der Waals surface area (Å²) in [5.41, 5.74) is 1.01. The highest BCUT2D eigenvalue weighted by molar-refractivity contribution is 5.94. The first kappa shape index (κ1) is 17.3. The van der Waals surface area contributed by atoms with Crippen LogP contribution in [0.3, 0.4) is 0 Å². The number of halogens is 1. The third-order valence-corrected chi connectivity index (χ3v) is 3.32. The number of nitrogens with zero attached hydrogens (tertiary/aromatic N) is 1. The molecule has 0 aliphatic carbocycles. The van der Waals surface area contributed by atoms with Gasteiger partial charge in [-0.25, -0.2) is 4.79 Å². The van der Waals surface area contributed by atoms with Gasteiger partial charge in [-0.1, -0.05) is 44.2 Å². The second kappa shape index (κ2) is 7.86. The number of hydrogen-bond donors (Lipinski definition) is 1. The summed E-state index contributed by atoms with van der Waals surface area (Å²) in [5.74, 6) is 0.156. The monoisotopic (exact) mass is 308 g/mol. The predicted octanol–water partition coefficient (Wildman–Crippen LogP) is 0.491. The van der Waals surface area contributed by atoms with Crippen LogP contribution in [-0.2, 0) is 6.54 Å². The largest absolute Gasteiger partial charge is 1.00 e. The molecule has 21 heavy (non-hydrogen) atoms. The van der Waals surface area contributed by atoms with Crippen molar-refractivity contribution in [2.24, 2.45) is 0 Å². The zero-order chi connectivity index (χ0) is 14.5. The molecular formula is C16H19ClNO3-. The minimum atomic E-state index is -0.960. The molecular weight excluding hydrogens is 290 g/mol. The van der Waals surface area contributed by atoms with E-state index in [4.69, 9.17) is 4.42 Å². The van der Waals surface area contributed by atoms with Crippen LogP contribution in [0.15, 0.2) is 40.8 Å². The Kier molecular flexibility index (Phi) is 6.46. The normalized spacial score (nSPS) is 10.4. The van der Waals surface area contributed by atoms with Gasteiger partial charge in [0, 0.05) is 5.56 Å². The lowest BCUT2D eigenvalue weighted by Gasteiger charge is -2.15. The van der Waals surface area contributed by atoms with Crippen LogP contribution in [0, 0.1) is 0 Å². The summed E-state index contributed by atoms with van der Waals surface area (Å²) in [6.07, 6.45) is 0. The molecule has 0 saturated heterocycles. The maximum absolute atomic E-state index is 11.4. The number of carbonyl (C=O) groups is 1. The van der Waals surface area contributed by atoms with Gasteiger partial charge in [0.2, 0.25) is 0 Å². The van der Waals surface area contributed by atoms with Gasteiger partial charge >= 0.3 is 5.97 Å². The van der Waals surface area contributed by atoms with Crippen molar-refractivity contribution >= 4 is 5.97 Å². The lowest BCUT2D eigenvalue weighted by Crippen LogP contribution is -3.00. The first-order valence-electron chi connectivity index (χ1n) is 6.79. The van der Waals surface area contributed by atoms with E-state index in [2.05, 4.69) is 18.7 Å². The van der Waals surface area contributed by atoms with E-state index in [1.165, 1.54) is 0 Å². The Morgan fingerprint density at radius 2 is 1.81 bits per heavy atom. The quantitative estimate of drug-likeness (QED) is 0.844. The summed E-state index contributed by atoms with van der Waals surface area (Å²) < 4.78 is 5.77. The Balaban J connectivity index is 0.00000220. The minimum Gasteiger partial charge on any atom is -1.00 e. The van der Waals surface area contributed by atoms with Crippen LogP contribution in [0.2, 0.25) is 0 Å². The molecule has 1 heterocycles. The lowest BCUT2D eigenvalue weighted by molar-refractivity contribution is -0.0000205. The van der Waals surface area contributed by atoms with Crippen LogP contribution in [0.4, 0.5) is 0 Å². The number of carboxylic acid groups (broad SMARTS) is 1. The first-order chi connectivity index (χ1) is 9.65. The molecule has 0 saturated carbocycles. The summed E-state index contributed by atoms with van der Waals surface area (Å²) >= 11 is 0. The Morgan fingerprint density at radius 3 is 2.33 bits per heavy atom. The highest BCUT2D eigenvalue weighted by Gasteiger charge is 2.19. The summed E-state index contributed by atoms with van der Waals surface area (Å²) in [7, 11) is 0.